The van der Waals surface area contributed by atoms with E-state index in [1.54, 1.807) is 0 Å². The summed E-state index contributed by atoms with van der Waals surface area (Å²) in [5, 5.41) is 3.35. The summed E-state index contributed by atoms with van der Waals surface area (Å²) in [5.74, 6) is 1.12. The monoisotopic (exact) mass is 264 g/mol. The number of aromatic nitrogens is 2. The number of carbonyl (C=O) groups excluding carboxylic acids is 1. The van der Waals surface area contributed by atoms with Gasteiger partial charge in [-0.3, -0.25) is 4.79 Å². The van der Waals surface area contributed by atoms with Gasteiger partial charge in [-0.2, -0.15) is 0 Å². The van der Waals surface area contributed by atoms with Crippen molar-refractivity contribution >= 4 is 5.91 Å². The molecule has 0 fully saturated rings. The molecule has 2 rings (SSSR count). The Morgan fingerprint density at radius 2 is 2.21 bits per heavy atom. The SMILES string of the molecule is CC(C)c1nc2c(n1C(C)(C)CC(N)=O)CCNC2. The third kappa shape index (κ3) is 2.66. The van der Waals surface area contributed by atoms with Crippen molar-refractivity contribution in [1.82, 2.24) is 14.9 Å². The molecule has 1 aromatic heterocycles. The van der Waals surface area contributed by atoms with Crippen molar-refractivity contribution in [2.24, 2.45) is 5.73 Å². The molecule has 0 unspecified atom stereocenters. The molecule has 3 N–H and O–H groups in total. The molecule has 0 saturated carbocycles. The number of hydrogen-bond donors (Lipinski definition) is 2. The number of nitrogens with one attached hydrogen (secondary N) is 1. The Balaban J connectivity index is 2.53. The maximum Gasteiger partial charge on any atom is 0.219 e. The molecular formula is C14H24N4O. The number of carbonyl (C=O) groups is 1. The lowest BCUT2D eigenvalue weighted by atomic mass is 9.97. The van der Waals surface area contributed by atoms with Gasteiger partial charge in [-0.15, -0.1) is 0 Å². The van der Waals surface area contributed by atoms with Crippen LogP contribution in [0.4, 0.5) is 0 Å². The van der Waals surface area contributed by atoms with E-state index in [1.165, 1.54) is 5.69 Å². The molecule has 1 aromatic rings. The Morgan fingerprint density at radius 1 is 1.53 bits per heavy atom. The standard InChI is InChI=1S/C14H24N4O/c1-9(2)13-17-10-8-16-6-5-11(10)18(13)14(3,4)7-12(15)19/h9,16H,5-8H2,1-4H3,(H2,15,19). The lowest BCUT2D eigenvalue weighted by molar-refractivity contribution is -0.119. The summed E-state index contributed by atoms with van der Waals surface area (Å²) < 4.78 is 2.25. The van der Waals surface area contributed by atoms with E-state index in [-0.39, 0.29) is 11.4 Å². The average molecular weight is 264 g/mol. The van der Waals surface area contributed by atoms with Gasteiger partial charge in [0.2, 0.25) is 5.91 Å². The highest BCUT2D eigenvalue weighted by Gasteiger charge is 2.31. The lowest BCUT2D eigenvalue weighted by Crippen LogP contribution is -2.36. The normalized spacial score (nSPS) is 15.6. The minimum absolute atomic E-state index is 0.268. The molecule has 1 aliphatic rings. The summed E-state index contributed by atoms with van der Waals surface area (Å²) in [5.41, 5.74) is 7.46. The van der Waals surface area contributed by atoms with Crippen LogP contribution in [-0.2, 0) is 23.3 Å². The Bertz CT molecular complexity index is 488. The first kappa shape index (κ1) is 14.1. The first-order valence-corrected chi connectivity index (χ1v) is 6.93. The summed E-state index contributed by atoms with van der Waals surface area (Å²) in [6.07, 6.45) is 1.29. The predicted molar refractivity (Wildman–Crippen MR) is 74.9 cm³/mol. The summed E-state index contributed by atoms with van der Waals surface area (Å²) in [7, 11) is 0. The van der Waals surface area contributed by atoms with Crippen LogP contribution in [0.3, 0.4) is 0 Å². The number of rotatable bonds is 4. The molecule has 0 aromatic carbocycles. The van der Waals surface area contributed by atoms with Gasteiger partial charge < -0.3 is 15.6 Å². The van der Waals surface area contributed by atoms with E-state index >= 15 is 0 Å². The second kappa shape index (κ2) is 4.96. The molecule has 1 aliphatic heterocycles. The fourth-order valence-electron chi connectivity index (χ4n) is 2.90. The second-order valence-electron chi connectivity index (χ2n) is 6.24. The quantitative estimate of drug-likeness (QED) is 0.860. The highest BCUT2D eigenvalue weighted by molar-refractivity contribution is 5.74. The van der Waals surface area contributed by atoms with Gasteiger partial charge in [-0.1, -0.05) is 13.8 Å². The number of nitrogens with zero attached hydrogens (tertiary/aromatic N) is 2. The van der Waals surface area contributed by atoms with Crippen LogP contribution < -0.4 is 11.1 Å². The van der Waals surface area contributed by atoms with Crippen molar-refractivity contribution in [2.75, 3.05) is 6.54 Å². The van der Waals surface area contributed by atoms with Crippen molar-refractivity contribution in [3.05, 3.63) is 17.2 Å². The summed E-state index contributed by atoms with van der Waals surface area (Å²) in [6.45, 7) is 10.2. The Labute approximate surface area is 114 Å². The zero-order valence-corrected chi connectivity index (χ0v) is 12.3. The van der Waals surface area contributed by atoms with Crippen molar-refractivity contribution in [2.45, 2.75) is 58.5 Å². The van der Waals surface area contributed by atoms with Crippen LogP contribution >= 0.6 is 0 Å². The number of nitrogens with two attached hydrogens (primary N) is 1. The van der Waals surface area contributed by atoms with Gasteiger partial charge in [0.1, 0.15) is 5.82 Å². The van der Waals surface area contributed by atoms with Gasteiger partial charge in [-0.05, 0) is 13.8 Å². The van der Waals surface area contributed by atoms with Crippen molar-refractivity contribution < 1.29 is 4.79 Å². The van der Waals surface area contributed by atoms with Crippen LogP contribution in [0.2, 0.25) is 0 Å². The molecule has 0 saturated heterocycles. The minimum atomic E-state index is -0.316. The van der Waals surface area contributed by atoms with Crippen LogP contribution in [0.25, 0.3) is 0 Å². The molecule has 19 heavy (non-hydrogen) atoms. The molecule has 2 heterocycles. The molecule has 0 radical (unpaired) electrons. The van der Waals surface area contributed by atoms with Crippen molar-refractivity contribution in [1.29, 1.82) is 0 Å². The third-order valence-electron chi connectivity index (χ3n) is 3.64. The van der Waals surface area contributed by atoms with Gasteiger partial charge in [0, 0.05) is 43.1 Å². The first-order valence-electron chi connectivity index (χ1n) is 6.93. The molecule has 1 amide bonds. The third-order valence-corrected chi connectivity index (χ3v) is 3.64. The molecule has 106 valence electrons. The van der Waals surface area contributed by atoms with Gasteiger partial charge in [0.25, 0.3) is 0 Å². The van der Waals surface area contributed by atoms with E-state index in [0.29, 0.717) is 12.3 Å². The number of hydrogen-bond acceptors (Lipinski definition) is 3. The van der Waals surface area contributed by atoms with Crippen molar-refractivity contribution in [3.8, 4) is 0 Å². The maximum atomic E-state index is 11.3. The van der Waals surface area contributed by atoms with Gasteiger partial charge >= 0.3 is 0 Å². The molecule has 0 atom stereocenters. The van der Waals surface area contributed by atoms with Crippen LogP contribution in [0.5, 0.6) is 0 Å². The van der Waals surface area contributed by atoms with Crippen LogP contribution in [-0.4, -0.2) is 22.0 Å². The fourth-order valence-corrected chi connectivity index (χ4v) is 2.90. The number of imidazole rings is 1. The van der Waals surface area contributed by atoms with Crippen LogP contribution in [0.15, 0.2) is 0 Å². The number of fused-ring (bicyclic) bond motifs is 1. The smallest absolute Gasteiger partial charge is 0.219 e. The van der Waals surface area contributed by atoms with E-state index in [0.717, 1.165) is 31.0 Å². The summed E-state index contributed by atoms with van der Waals surface area (Å²) in [6, 6.07) is 0. The largest absolute Gasteiger partial charge is 0.370 e. The second-order valence-corrected chi connectivity index (χ2v) is 6.24. The zero-order chi connectivity index (χ0) is 14.2. The molecule has 0 bridgehead atoms. The van der Waals surface area contributed by atoms with Crippen molar-refractivity contribution in [3.63, 3.8) is 0 Å². The number of amides is 1. The highest BCUT2D eigenvalue weighted by Crippen LogP contribution is 2.31. The van der Waals surface area contributed by atoms with Gasteiger partial charge in [0.15, 0.2) is 0 Å². The van der Waals surface area contributed by atoms with E-state index in [1.807, 2.05) is 0 Å². The average Bonchev–Trinajstić information content (AvgIpc) is 2.66. The van der Waals surface area contributed by atoms with E-state index < -0.39 is 0 Å². The molecular weight excluding hydrogens is 240 g/mol. The van der Waals surface area contributed by atoms with Gasteiger partial charge in [0.05, 0.1) is 5.69 Å². The highest BCUT2D eigenvalue weighted by atomic mass is 16.1. The van der Waals surface area contributed by atoms with Crippen LogP contribution in [0, 0.1) is 0 Å². The Kier molecular flexibility index (Phi) is 3.67. The Morgan fingerprint density at radius 3 is 2.79 bits per heavy atom. The molecule has 5 nitrogen and oxygen atoms in total. The van der Waals surface area contributed by atoms with E-state index in [4.69, 9.17) is 10.7 Å². The molecule has 5 heteroatoms. The first-order chi connectivity index (χ1) is 8.83. The predicted octanol–water partition coefficient (Wildman–Crippen LogP) is 1.26. The lowest BCUT2D eigenvalue weighted by Gasteiger charge is -2.31. The zero-order valence-electron chi connectivity index (χ0n) is 12.3. The Hall–Kier alpha value is -1.36. The summed E-state index contributed by atoms with van der Waals surface area (Å²) in [4.78, 5) is 16.1. The summed E-state index contributed by atoms with van der Waals surface area (Å²) >= 11 is 0. The van der Waals surface area contributed by atoms with Gasteiger partial charge in [-0.25, -0.2) is 4.98 Å². The topological polar surface area (TPSA) is 72.9 Å². The van der Waals surface area contributed by atoms with E-state index in [2.05, 4.69) is 37.6 Å². The fraction of sp³-hybridized carbons (Fsp3) is 0.714. The van der Waals surface area contributed by atoms with E-state index in [9.17, 15) is 4.79 Å². The maximum absolute atomic E-state index is 11.3. The minimum Gasteiger partial charge on any atom is -0.370 e. The molecule has 0 spiro atoms. The number of primary amides is 1. The molecule has 0 aliphatic carbocycles. The van der Waals surface area contributed by atoms with Crippen LogP contribution in [0.1, 0.15) is 57.2 Å².